The van der Waals surface area contributed by atoms with Crippen LogP contribution >= 0.6 is 0 Å². The Morgan fingerprint density at radius 3 is 3.09 bits per heavy atom. The maximum absolute atomic E-state index is 11.2. The Labute approximate surface area is 129 Å². The topological polar surface area (TPSA) is 56.3 Å². The number of aromatic nitrogens is 1. The molecular formula is C18H20N2O2. The maximum Gasteiger partial charge on any atom is 0.335 e. The number of rotatable bonds is 3. The maximum atomic E-state index is 11.2. The van der Waals surface area contributed by atoms with Crippen LogP contribution in [0.4, 0.5) is 0 Å². The van der Waals surface area contributed by atoms with E-state index in [9.17, 15) is 9.90 Å². The number of carbonyl (C=O) groups is 1. The van der Waals surface area contributed by atoms with Gasteiger partial charge in [0.2, 0.25) is 0 Å². The number of aromatic carboxylic acids is 1. The van der Waals surface area contributed by atoms with E-state index >= 15 is 0 Å². The molecule has 0 aliphatic carbocycles. The zero-order chi connectivity index (χ0) is 15.7. The van der Waals surface area contributed by atoms with E-state index in [1.807, 2.05) is 18.3 Å². The molecule has 0 amide bonds. The largest absolute Gasteiger partial charge is 0.478 e. The van der Waals surface area contributed by atoms with Gasteiger partial charge in [0.25, 0.3) is 0 Å². The second-order valence-electron chi connectivity index (χ2n) is 6.00. The Hall–Kier alpha value is -2.29. The number of likely N-dealkylation sites (tertiary alicyclic amines) is 1. The predicted molar refractivity (Wildman–Crippen MR) is 87.3 cm³/mol. The minimum Gasteiger partial charge on any atom is -0.478 e. The van der Waals surface area contributed by atoms with Gasteiger partial charge in [-0.3, -0.25) is 0 Å². The van der Waals surface area contributed by atoms with Gasteiger partial charge in [-0.1, -0.05) is 6.58 Å². The van der Waals surface area contributed by atoms with Crippen LogP contribution < -0.4 is 0 Å². The Kier molecular flexibility index (Phi) is 3.88. The van der Waals surface area contributed by atoms with Crippen LogP contribution in [0.2, 0.25) is 0 Å². The average molecular weight is 296 g/mol. The van der Waals surface area contributed by atoms with Gasteiger partial charge in [-0.15, -0.1) is 5.73 Å². The third-order valence-corrected chi connectivity index (χ3v) is 4.55. The molecule has 1 saturated heterocycles. The number of benzene rings is 1. The van der Waals surface area contributed by atoms with Gasteiger partial charge in [0.15, 0.2) is 0 Å². The highest BCUT2D eigenvalue weighted by atomic mass is 16.4. The number of aromatic amines is 1. The van der Waals surface area contributed by atoms with Gasteiger partial charge in [0.05, 0.1) is 5.56 Å². The van der Waals surface area contributed by atoms with Crippen molar-refractivity contribution in [1.82, 2.24) is 9.88 Å². The van der Waals surface area contributed by atoms with Gasteiger partial charge in [-0.05, 0) is 55.8 Å². The van der Waals surface area contributed by atoms with Gasteiger partial charge < -0.3 is 15.0 Å². The fraction of sp³-hybridized carbons (Fsp3) is 0.333. The SMILES string of the molecule is C=C=CC1CN(C)CCC1c1c[nH]c2ccc(C(=O)O)cc12. The number of fused-ring (bicyclic) bond motifs is 1. The molecule has 4 heteroatoms. The van der Waals surface area contributed by atoms with E-state index in [1.54, 1.807) is 12.1 Å². The third-order valence-electron chi connectivity index (χ3n) is 4.55. The summed E-state index contributed by atoms with van der Waals surface area (Å²) in [6.07, 6.45) is 5.11. The summed E-state index contributed by atoms with van der Waals surface area (Å²) in [6, 6.07) is 5.26. The third kappa shape index (κ3) is 2.59. The lowest BCUT2D eigenvalue weighted by molar-refractivity contribution is 0.0697. The van der Waals surface area contributed by atoms with Crippen LogP contribution in [0, 0.1) is 5.92 Å². The van der Waals surface area contributed by atoms with Gasteiger partial charge in [-0.25, -0.2) is 4.79 Å². The molecular weight excluding hydrogens is 276 g/mol. The van der Waals surface area contributed by atoms with Crippen molar-refractivity contribution in [3.8, 4) is 0 Å². The standard InChI is InChI=1S/C18H20N2O2/c1-3-4-13-11-20(2)8-7-14(13)16-10-19-17-6-5-12(18(21)22)9-15(16)17/h4-6,9-10,13-14,19H,1,7-8,11H2,2H3,(H,21,22). The highest BCUT2D eigenvalue weighted by molar-refractivity contribution is 5.94. The highest BCUT2D eigenvalue weighted by Crippen LogP contribution is 2.37. The lowest BCUT2D eigenvalue weighted by Crippen LogP contribution is -2.36. The first kappa shape index (κ1) is 14.6. The Bertz CT molecular complexity index is 756. The van der Waals surface area contributed by atoms with Crippen LogP contribution in [-0.2, 0) is 0 Å². The van der Waals surface area contributed by atoms with Crippen molar-refractivity contribution in [1.29, 1.82) is 0 Å². The van der Waals surface area contributed by atoms with E-state index in [-0.39, 0.29) is 0 Å². The van der Waals surface area contributed by atoms with Crippen molar-refractivity contribution in [3.63, 3.8) is 0 Å². The van der Waals surface area contributed by atoms with Crippen molar-refractivity contribution < 1.29 is 9.90 Å². The number of carboxylic acid groups (broad SMARTS) is 1. The lowest BCUT2D eigenvalue weighted by atomic mass is 9.80. The summed E-state index contributed by atoms with van der Waals surface area (Å²) in [5, 5.41) is 10.2. The number of H-pyrrole nitrogens is 1. The molecule has 1 aliphatic heterocycles. The first-order valence-corrected chi connectivity index (χ1v) is 7.49. The number of carboxylic acids is 1. The fourth-order valence-electron chi connectivity index (χ4n) is 3.44. The van der Waals surface area contributed by atoms with E-state index in [0.29, 0.717) is 17.4 Å². The summed E-state index contributed by atoms with van der Waals surface area (Å²) in [4.78, 5) is 16.8. The van der Waals surface area contributed by atoms with E-state index in [1.165, 1.54) is 5.56 Å². The molecule has 2 heterocycles. The van der Waals surface area contributed by atoms with Crippen molar-refractivity contribution in [2.75, 3.05) is 20.1 Å². The van der Waals surface area contributed by atoms with E-state index in [0.717, 1.165) is 30.4 Å². The zero-order valence-corrected chi connectivity index (χ0v) is 12.7. The van der Waals surface area contributed by atoms with Gasteiger partial charge in [0, 0.05) is 29.6 Å². The number of nitrogens with one attached hydrogen (secondary N) is 1. The minimum absolute atomic E-state index is 0.331. The normalized spacial score (nSPS) is 22.4. The molecule has 2 N–H and O–H groups in total. The van der Waals surface area contributed by atoms with Gasteiger partial charge in [0.1, 0.15) is 0 Å². The molecule has 1 aliphatic rings. The molecule has 22 heavy (non-hydrogen) atoms. The van der Waals surface area contributed by atoms with Gasteiger partial charge >= 0.3 is 5.97 Å². The van der Waals surface area contributed by atoms with Crippen LogP contribution in [0.15, 0.2) is 42.8 Å². The molecule has 0 bridgehead atoms. The molecule has 2 unspecified atom stereocenters. The Balaban J connectivity index is 2.06. The summed E-state index contributed by atoms with van der Waals surface area (Å²) >= 11 is 0. The van der Waals surface area contributed by atoms with E-state index in [2.05, 4.69) is 29.2 Å². The molecule has 1 fully saturated rings. The van der Waals surface area contributed by atoms with E-state index < -0.39 is 5.97 Å². The highest BCUT2D eigenvalue weighted by Gasteiger charge is 2.29. The molecule has 2 aromatic rings. The van der Waals surface area contributed by atoms with Crippen LogP contribution in [-0.4, -0.2) is 41.1 Å². The molecule has 0 saturated carbocycles. The minimum atomic E-state index is -0.889. The first-order chi connectivity index (χ1) is 10.6. The molecule has 1 aromatic carbocycles. The van der Waals surface area contributed by atoms with Crippen LogP contribution in [0.1, 0.15) is 28.3 Å². The molecule has 2 atom stereocenters. The van der Waals surface area contributed by atoms with Crippen molar-refractivity contribution >= 4 is 16.9 Å². The molecule has 114 valence electrons. The second-order valence-corrected chi connectivity index (χ2v) is 6.00. The second kappa shape index (κ2) is 5.84. The Morgan fingerprint density at radius 2 is 2.36 bits per heavy atom. The molecule has 0 spiro atoms. The number of hydrogen-bond donors (Lipinski definition) is 2. The first-order valence-electron chi connectivity index (χ1n) is 7.49. The summed E-state index contributed by atoms with van der Waals surface area (Å²) in [5.74, 6) is -0.174. The summed E-state index contributed by atoms with van der Waals surface area (Å²) in [6.45, 7) is 5.72. The number of piperidine rings is 1. The Morgan fingerprint density at radius 1 is 1.55 bits per heavy atom. The van der Waals surface area contributed by atoms with Crippen molar-refractivity contribution in [2.24, 2.45) is 5.92 Å². The van der Waals surface area contributed by atoms with Crippen molar-refractivity contribution in [2.45, 2.75) is 12.3 Å². The van der Waals surface area contributed by atoms with Crippen LogP contribution in [0.25, 0.3) is 10.9 Å². The van der Waals surface area contributed by atoms with E-state index in [4.69, 9.17) is 0 Å². The molecule has 0 radical (unpaired) electrons. The van der Waals surface area contributed by atoms with Crippen LogP contribution in [0.5, 0.6) is 0 Å². The van der Waals surface area contributed by atoms with Crippen molar-refractivity contribution in [3.05, 3.63) is 53.9 Å². The summed E-state index contributed by atoms with van der Waals surface area (Å²) in [7, 11) is 2.12. The van der Waals surface area contributed by atoms with Crippen LogP contribution in [0.3, 0.4) is 0 Å². The average Bonchev–Trinajstić information content (AvgIpc) is 2.91. The zero-order valence-electron chi connectivity index (χ0n) is 12.7. The number of nitrogens with zero attached hydrogens (tertiary/aromatic N) is 1. The lowest BCUT2D eigenvalue weighted by Gasteiger charge is -2.35. The monoisotopic (exact) mass is 296 g/mol. The predicted octanol–water partition coefficient (Wildman–Crippen LogP) is 3.24. The van der Waals surface area contributed by atoms with Gasteiger partial charge in [-0.2, -0.15) is 0 Å². The molecule has 3 rings (SSSR count). The summed E-state index contributed by atoms with van der Waals surface area (Å²) < 4.78 is 0. The molecule has 1 aromatic heterocycles. The quantitative estimate of drug-likeness (QED) is 0.855. The fourth-order valence-corrected chi connectivity index (χ4v) is 3.44. The summed E-state index contributed by atoms with van der Waals surface area (Å²) in [5.41, 5.74) is 5.44. The number of hydrogen-bond acceptors (Lipinski definition) is 2. The molecule has 4 nitrogen and oxygen atoms in total. The smallest absolute Gasteiger partial charge is 0.335 e.